The molecule has 7 heteroatoms. The Balaban J connectivity index is 0.00000240. The maximum Gasteiger partial charge on any atom is 0.227 e. The Morgan fingerprint density at radius 3 is 2.69 bits per heavy atom. The zero-order valence-electron chi connectivity index (χ0n) is 16.3. The standard InChI is InChI=1S/C22H23FN4O.ClH/c1-2-28-18-9-7-16(8-10-18)14-27-12-11-20-17(15-27)13-24-22(25-20)26-21-6-4-3-5-19(21)23;/h3-10,13H,2,11-12,14-15H2,1H3,(H,24,25,26);1H. The molecule has 4 rings (SSSR count). The van der Waals surface area contributed by atoms with E-state index in [0.29, 0.717) is 18.2 Å². The largest absolute Gasteiger partial charge is 0.494 e. The summed E-state index contributed by atoms with van der Waals surface area (Å²) in [5, 5.41) is 2.97. The molecule has 0 radical (unpaired) electrons. The van der Waals surface area contributed by atoms with E-state index in [-0.39, 0.29) is 18.2 Å². The van der Waals surface area contributed by atoms with Gasteiger partial charge in [0.2, 0.25) is 5.95 Å². The van der Waals surface area contributed by atoms with Gasteiger partial charge in [0.25, 0.3) is 0 Å². The molecule has 29 heavy (non-hydrogen) atoms. The van der Waals surface area contributed by atoms with Gasteiger partial charge in [-0.15, -0.1) is 12.4 Å². The first-order valence-electron chi connectivity index (χ1n) is 9.51. The molecule has 1 aliphatic heterocycles. The van der Waals surface area contributed by atoms with Gasteiger partial charge >= 0.3 is 0 Å². The van der Waals surface area contributed by atoms with Crippen LogP contribution in [0.4, 0.5) is 16.0 Å². The van der Waals surface area contributed by atoms with Crippen LogP contribution in [0.1, 0.15) is 23.7 Å². The molecule has 5 nitrogen and oxygen atoms in total. The normalized spacial score (nSPS) is 13.3. The molecule has 3 aromatic rings. The van der Waals surface area contributed by atoms with Crippen molar-refractivity contribution in [2.45, 2.75) is 26.4 Å². The molecular formula is C22H24ClFN4O. The smallest absolute Gasteiger partial charge is 0.227 e. The number of anilines is 2. The van der Waals surface area contributed by atoms with E-state index in [1.54, 1.807) is 18.2 Å². The van der Waals surface area contributed by atoms with Crippen molar-refractivity contribution in [1.29, 1.82) is 0 Å². The molecule has 1 N–H and O–H groups in total. The molecule has 1 aromatic heterocycles. The minimum atomic E-state index is -0.314. The van der Waals surface area contributed by atoms with Crippen LogP contribution in [0.25, 0.3) is 0 Å². The highest BCUT2D eigenvalue weighted by Crippen LogP contribution is 2.22. The summed E-state index contributed by atoms with van der Waals surface area (Å²) in [6, 6.07) is 14.8. The maximum atomic E-state index is 13.8. The van der Waals surface area contributed by atoms with Crippen molar-refractivity contribution in [3.05, 3.63) is 77.4 Å². The Morgan fingerprint density at radius 2 is 1.93 bits per heavy atom. The number of benzene rings is 2. The van der Waals surface area contributed by atoms with Crippen LogP contribution in [0.5, 0.6) is 5.75 Å². The molecule has 2 aromatic carbocycles. The van der Waals surface area contributed by atoms with Gasteiger partial charge in [-0.1, -0.05) is 24.3 Å². The van der Waals surface area contributed by atoms with Crippen molar-refractivity contribution < 1.29 is 9.13 Å². The number of nitrogens with zero attached hydrogens (tertiary/aromatic N) is 3. The quantitative estimate of drug-likeness (QED) is 0.631. The highest BCUT2D eigenvalue weighted by Gasteiger charge is 2.19. The highest BCUT2D eigenvalue weighted by molar-refractivity contribution is 5.85. The molecule has 0 amide bonds. The zero-order chi connectivity index (χ0) is 19.3. The summed E-state index contributed by atoms with van der Waals surface area (Å²) in [6.45, 7) is 5.27. The average molecular weight is 415 g/mol. The number of aromatic nitrogens is 2. The molecule has 0 saturated carbocycles. The second kappa shape index (κ2) is 9.67. The number of halogens is 2. The SMILES string of the molecule is CCOc1ccc(CN2CCc3nc(Nc4ccccc4F)ncc3C2)cc1.Cl. The summed E-state index contributed by atoms with van der Waals surface area (Å²) in [7, 11) is 0. The van der Waals surface area contributed by atoms with Crippen LogP contribution >= 0.6 is 12.4 Å². The minimum absolute atomic E-state index is 0. The molecule has 0 saturated heterocycles. The van der Waals surface area contributed by atoms with Crippen molar-refractivity contribution in [3.8, 4) is 5.75 Å². The number of fused-ring (bicyclic) bond motifs is 1. The molecule has 0 fully saturated rings. The van der Waals surface area contributed by atoms with Crippen molar-refractivity contribution in [2.24, 2.45) is 0 Å². The molecule has 0 spiro atoms. The first-order chi connectivity index (χ1) is 13.7. The summed E-state index contributed by atoms with van der Waals surface area (Å²) < 4.78 is 19.3. The monoisotopic (exact) mass is 414 g/mol. The van der Waals surface area contributed by atoms with Gasteiger partial charge in [0, 0.05) is 37.8 Å². The Bertz CT molecular complexity index is 952. The Labute approximate surface area is 176 Å². The van der Waals surface area contributed by atoms with Crippen molar-refractivity contribution in [3.63, 3.8) is 0 Å². The Morgan fingerprint density at radius 1 is 1.14 bits per heavy atom. The summed E-state index contributed by atoms with van der Waals surface area (Å²) in [6.07, 6.45) is 2.69. The number of rotatable bonds is 6. The molecule has 152 valence electrons. The van der Waals surface area contributed by atoms with E-state index in [0.717, 1.165) is 43.1 Å². The van der Waals surface area contributed by atoms with E-state index in [1.807, 2.05) is 25.3 Å². The predicted octanol–water partition coefficient (Wildman–Crippen LogP) is 4.74. The fraction of sp³-hybridized carbons (Fsp3) is 0.273. The fourth-order valence-electron chi connectivity index (χ4n) is 3.37. The van der Waals surface area contributed by atoms with Gasteiger partial charge in [0.15, 0.2) is 0 Å². The first kappa shape index (κ1) is 21.0. The lowest BCUT2D eigenvalue weighted by Crippen LogP contribution is -2.31. The van der Waals surface area contributed by atoms with E-state index in [9.17, 15) is 4.39 Å². The van der Waals surface area contributed by atoms with Crippen LogP contribution in [-0.2, 0) is 19.5 Å². The van der Waals surface area contributed by atoms with Crippen LogP contribution in [0.3, 0.4) is 0 Å². The van der Waals surface area contributed by atoms with Crippen molar-refractivity contribution in [1.82, 2.24) is 14.9 Å². The Kier molecular flexibility index (Phi) is 7.01. The number of hydrogen-bond acceptors (Lipinski definition) is 5. The minimum Gasteiger partial charge on any atom is -0.494 e. The van der Waals surface area contributed by atoms with Gasteiger partial charge in [-0.2, -0.15) is 0 Å². The van der Waals surface area contributed by atoms with Crippen LogP contribution in [0, 0.1) is 5.82 Å². The number of nitrogens with one attached hydrogen (secondary N) is 1. The lowest BCUT2D eigenvalue weighted by atomic mass is 10.1. The summed E-state index contributed by atoms with van der Waals surface area (Å²) in [5.41, 5.74) is 3.79. The summed E-state index contributed by atoms with van der Waals surface area (Å²) in [4.78, 5) is 11.3. The molecule has 0 aliphatic carbocycles. The lowest BCUT2D eigenvalue weighted by molar-refractivity contribution is 0.243. The summed E-state index contributed by atoms with van der Waals surface area (Å²) in [5.74, 6) is 1.02. The molecule has 0 bridgehead atoms. The van der Waals surface area contributed by atoms with E-state index in [4.69, 9.17) is 4.74 Å². The lowest BCUT2D eigenvalue weighted by Gasteiger charge is -2.28. The summed E-state index contributed by atoms with van der Waals surface area (Å²) >= 11 is 0. The molecule has 1 aliphatic rings. The fourth-order valence-corrected chi connectivity index (χ4v) is 3.37. The second-order valence-corrected chi connectivity index (χ2v) is 6.81. The van der Waals surface area contributed by atoms with Crippen LogP contribution in [0.15, 0.2) is 54.7 Å². The van der Waals surface area contributed by atoms with Gasteiger partial charge in [0.1, 0.15) is 11.6 Å². The predicted molar refractivity (Wildman–Crippen MR) is 114 cm³/mol. The third-order valence-electron chi connectivity index (χ3n) is 4.77. The van der Waals surface area contributed by atoms with E-state index in [2.05, 4.69) is 32.3 Å². The molecule has 0 unspecified atom stereocenters. The van der Waals surface area contributed by atoms with Crippen molar-refractivity contribution in [2.75, 3.05) is 18.5 Å². The van der Waals surface area contributed by atoms with Gasteiger partial charge < -0.3 is 10.1 Å². The van der Waals surface area contributed by atoms with E-state index >= 15 is 0 Å². The third kappa shape index (κ3) is 5.22. The number of ether oxygens (including phenoxy) is 1. The van der Waals surface area contributed by atoms with Crippen LogP contribution in [0.2, 0.25) is 0 Å². The first-order valence-corrected chi connectivity index (χ1v) is 9.51. The van der Waals surface area contributed by atoms with Gasteiger partial charge in [-0.3, -0.25) is 4.90 Å². The topological polar surface area (TPSA) is 50.3 Å². The second-order valence-electron chi connectivity index (χ2n) is 6.81. The molecule has 2 heterocycles. The van der Waals surface area contributed by atoms with E-state index < -0.39 is 0 Å². The van der Waals surface area contributed by atoms with E-state index in [1.165, 1.54) is 11.6 Å². The highest BCUT2D eigenvalue weighted by atomic mass is 35.5. The number of para-hydroxylation sites is 1. The zero-order valence-corrected chi connectivity index (χ0v) is 17.1. The van der Waals surface area contributed by atoms with Gasteiger partial charge in [-0.05, 0) is 36.8 Å². The number of hydrogen-bond donors (Lipinski definition) is 1. The third-order valence-corrected chi connectivity index (χ3v) is 4.77. The van der Waals surface area contributed by atoms with Crippen LogP contribution < -0.4 is 10.1 Å². The van der Waals surface area contributed by atoms with Crippen LogP contribution in [-0.4, -0.2) is 28.0 Å². The van der Waals surface area contributed by atoms with Gasteiger partial charge in [-0.25, -0.2) is 14.4 Å². The molecule has 0 atom stereocenters. The van der Waals surface area contributed by atoms with Gasteiger partial charge in [0.05, 0.1) is 18.0 Å². The Hall–Kier alpha value is -2.70. The maximum absolute atomic E-state index is 13.8. The molecular weight excluding hydrogens is 391 g/mol. The average Bonchev–Trinajstić information content (AvgIpc) is 2.71. The van der Waals surface area contributed by atoms with Crippen molar-refractivity contribution >= 4 is 24.0 Å².